The Morgan fingerprint density at radius 1 is 1.42 bits per heavy atom. The van der Waals surface area contributed by atoms with Gasteiger partial charge in [-0.15, -0.1) is 15.3 Å². The highest BCUT2D eigenvalue weighted by Crippen LogP contribution is 2.17. The number of aryl methyl sites for hydroxylation is 2. The summed E-state index contributed by atoms with van der Waals surface area (Å²) in [6.07, 6.45) is 1.55. The van der Waals surface area contributed by atoms with Crippen molar-refractivity contribution in [3.63, 3.8) is 0 Å². The zero-order valence-corrected chi connectivity index (χ0v) is 12.7. The molecule has 9 nitrogen and oxygen atoms in total. The number of hydrogen-bond donors (Lipinski definition) is 1. The molecule has 0 amide bonds. The molecule has 0 spiro atoms. The molecule has 2 rings (SSSR count). The molecule has 0 saturated carbocycles. The van der Waals surface area contributed by atoms with Crippen molar-refractivity contribution in [1.82, 2.24) is 34.5 Å². The molecule has 0 saturated heterocycles. The van der Waals surface area contributed by atoms with E-state index in [1.807, 2.05) is 6.92 Å². The van der Waals surface area contributed by atoms with Crippen molar-refractivity contribution in [1.29, 1.82) is 0 Å². The Morgan fingerprint density at radius 3 is 2.74 bits per heavy atom. The minimum atomic E-state index is -3.72. The first kappa shape index (κ1) is 14.1. The van der Waals surface area contributed by atoms with Gasteiger partial charge in [0.05, 0.1) is 6.54 Å². The van der Waals surface area contributed by atoms with Gasteiger partial charge in [-0.05, 0) is 22.9 Å². The molecule has 2 heterocycles. The van der Waals surface area contributed by atoms with Crippen LogP contribution in [0, 0.1) is 0 Å². The van der Waals surface area contributed by atoms with E-state index in [0.29, 0.717) is 12.4 Å². The van der Waals surface area contributed by atoms with Crippen LogP contribution in [0.25, 0.3) is 0 Å². The molecule has 0 fully saturated rings. The number of nitrogens with one attached hydrogen (secondary N) is 1. The molecule has 1 N–H and O–H groups in total. The van der Waals surface area contributed by atoms with Crippen molar-refractivity contribution in [3.05, 3.63) is 16.8 Å². The zero-order chi connectivity index (χ0) is 14.0. The van der Waals surface area contributed by atoms with E-state index in [9.17, 15) is 8.42 Å². The van der Waals surface area contributed by atoms with E-state index in [0.717, 1.165) is 0 Å². The Balaban J connectivity index is 2.19. The number of hydrogen-bond acceptors (Lipinski definition) is 6. The normalized spacial score (nSPS) is 11.9. The molecule has 0 aliphatic heterocycles. The summed E-state index contributed by atoms with van der Waals surface area (Å²) in [5.41, 5.74) is 0. The predicted octanol–water partition coefficient (Wildman–Crippen LogP) is -0.333. The molecule has 11 heteroatoms. The Labute approximate surface area is 118 Å². The highest BCUT2D eigenvalue weighted by atomic mass is 79.9. The summed E-state index contributed by atoms with van der Waals surface area (Å²) >= 11 is 3.05. The summed E-state index contributed by atoms with van der Waals surface area (Å²) in [4.78, 5) is 0. The van der Waals surface area contributed by atoms with Gasteiger partial charge in [-0.1, -0.05) is 5.21 Å². The molecule has 0 aliphatic rings. The topological polar surface area (TPSA) is 108 Å². The number of sulfonamides is 1. The number of rotatable bonds is 5. The van der Waals surface area contributed by atoms with Crippen molar-refractivity contribution in [2.24, 2.45) is 7.05 Å². The van der Waals surface area contributed by atoms with Crippen molar-refractivity contribution >= 4 is 26.0 Å². The van der Waals surface area contributed by atoms with Gasteiger partial charge in [-0.3, -0.25) is 0 Å². The molecule has 0 unspecified atom stereocenters. The van der Waals surface area contributed by atoms with Crippen molar-refractivity contribution in [3.8, 4) is 0 Å². The van der Waals surface area contributed by atoms with Gasteiger partial charge in [0, 0.05) is 13.6 Å². The van der Waals surface area contributed by atoms with E-state index in [-0.39, 0.29) is 16.2 Å². The Kier molecular flexibility index (Phi) is 3.96. The zero-order valence-electron chi connectivity index (χ0n) is 10.3. The molecule has 0 bridgehead atoms. The standard InChI is InChI=1S/C8H12BrN7O2S/c1-3-16-5-10-12-6(16)4-11-19(17,18)8-7(9)13-14-15(8)2/h5,11H,3-4H2,1-2H3. The third kappa shape index (κ3) is 2.82. The van der Waals surface area contributed by atoms with Crippen LogP contribution in [0.2, 0.25) is 0 Å². The van der Waals surface area contributed by atoms with E-state index >= 15 is 0 Å². The van der Waals surface area contributed by atoms with E-state index in [2.05, 4.69) is 41.2 Å². The summed E-state index contributed by atoms with van der Waals surface area (Å²) in [6.45, 7) is 2.64. The maximum absolute atomic E-state index is 12.1. The molecule has 0 atom stereocenters. The van der Waals surface area contributed by atoms with Gasteiger partial charge >= 0.3 is 0 Å². The van der Waals surface area contributed by atoms with E-state index in [4.69, 9.17) is 0 Å². The van der Waals surface area contributed by atoms with E-state index in [1.165, 1.54) is 11.7 Å². The van der Waals surface area contributed by atoms with Gasteiger partial charge in [-0.25, -0.2) is 17.8 Å². The fourth-order valence-corrected chi connectivity index (χ4v) is 3.59. The summed E-state index contributed by atoms with van der Waals surface area (Å²) in [7, 11) is -2.22. The average molecular weight is 350 g/mol. The van der Waals surface area contributed by atoms with Gasteiger partial charge in [0.25, 0.3) is 10.0 Å². The molecular formula is C8H12BrN7O2S. The number of aromatic nitrogens is 6. The first-order chi connectivity index (χ1) is 8.95. The van der Waals surface area contributed by atoms with Crippen LogP contribution in [0.1, 0.15) is 12.7 Å². The minimum absolute atomic E-state index is 0.0323. The lowest BCUT2D eigenvalue weighted by Gasteiger charge is -2.07. The lowest BCUT2D eigenvalue weighted by Crippen LogP contribution is -2.27. The summed E-state index contributed by atoms with van der Waals surface area (Å²) in [5.74, 6) is 0.539. The molecule has 0 aromatic carbocycles. The second-order valence-electron chi connectivity index (χ2n) is 3.67. The summed E-state index contributed by atoms with van der Waals surface area (Å²) in [6, 6.07) is 0. The van der Waals surface area contributed by atoms with Crippen LogP contribution in [-0.4, -0.2) is 38.2 Å². The molecule has 104 valence electrons. The second kappa shape index (κ2) is 5.35. The van der Waals surface area contributed by atoms with Gasteiger partial charge in [0.2, 0.25) is 5.03 Å². The van der Waals surface area contributed by atoms with Crippen LogP contribution in [0.4, 0.5) is 0 Å². The quantitative estimate of drug-likeness (QED) is 0.791. The van der Waals surface area contributed by atoms with Gasteiger partial charge in [0.1, 0.15) is 12.2 Å². The average Bonchev–Trinajstić information content (AvgIpc) is 2.93. The van der Waals surface area contributed by atoms with E-state index < -0.39 is 10.0 Å². The SMILES string of the molecule is CCn1cnnc1CNS(=O)(=O)c1c(Br)nnn1C. The molecule has 0 radical (unpaired) electrons. The Morgan fingerprint density at radius 2 is 2.16 bits per heavy atom. The number of nitrogens with zero attached hydrogens (tertiary/aromatic N) is 6. The third-order valence-corrected chi connectivity index (χ3v) is 4.74. The van der Waals surface area contributed by atoms with Gasteiger partial charge in [0.15, 0.2) is 4.60 Å². The lowest BCUT2D eigenvalue weighted by atomic mass is 10.6. The summed E-state index contributed by atoms with van der Waals surface area (Å²) < 4.78 is 29.8. The largest absolute Gasteiger partial charge is 0.317 e. The smallest absolute Gasteiger partial charge is 0.260 e. The van der Waals surface area contributed by atoms with E-state index in [1.54, 1.807) is 10.9 Å². The maximum Gasteiger partial charge on any atom is 0.260 e. The number of halogens is 1. The molecule has 0 aliphatic carbocycles. The van der Waals surface area contributed by atoms with Crippen molar-refractivity contribution in [2.75, 3.05) is 0 Å². The maximum atomic E-state index is 12.1. The Bertz CT molecular complexity index is 658. The predicted molar refractivity (Wildman–Crippen MR) is 68.4 cm³/mol. The van der Waals surface area contributed by atoms with Crippen LogP contribution >= 0.6 is 15.9 Å². The fourth-order valence-electron chi connectivity index (χ4n) is 1.52. The highest BCUT2D eigenvalue weighted by molar-refractivity contribution is 9.10. The summed E-state index contributed by atoms with van der Waals surface area (Å²) in [5, 5.41) is 14.8. The van der Waals surface area contributed by atoms with Crippen LogP contribution in [-0.2, 0) is 30.2 Å². The highest BCUT2D eigenvalue weighted by Gasteiger charge is 2.24. The van der Waals surface area contributed by atoms with Crippen molar-refractivity contribution < 1.29 is 8.42 Å². The Hall–Kier alpha value is -1.33. The fraction of sp³-hybridized carbons (Fsp3) is 0.500. The van der Waals surface area contributed by atoms with Crippen LogP contribution in [0.5, 0.6) is 0 Å². The van der Waals surface area contributed by atoms with Crippen LogP contribution in [0.15, 0.2) is 16.0 Å². The first-order valence-corrected chi connectivity index (χ1v) is 7.65. The monoisotopic (exact) mass is 349 g/mol. The third-order valence-electron chi connectivity index (χ3n) is 2.45. The first-order valence-electron chi connectivity index (χ1n) is 5.37. The second-order valence-corrected chi connectivity index (χ2v) is 6.10. The van der Waals surface area contributed by atoms with Crippen LogP contribution < -0.4 is 4.72 Å². The van der Waals surface area contributed by atoms with Crippen molar-refractivity contribution in [2.45, 2.75) is 25.0 Å². The van der Waals surface area contributed by atoms with Gasteiger partial charge in [-0.2, -0.15) is 0 Å². The molecular weight excluding hydrogens is 338 g/mol. The lowest BCUT2D eigenvalue weighted by molar-refractivity contribution is 0.555. The molecule has 2 aromatic rings. The van der Waals surface area contributed by atoms with Gasteiger partial charge < -0.3 is 4.57 Å². The molecule has 19 heavy (non-hydrogen) atoms. The minimum Gasteiger partial charge on any atom is -0.317 e. The molecule has 2 aromatic heterocycles. The van der Waals surface area contributed by atoms with Crippen LogP contribution in [0.3, 0.4) is 0 Å².